The molecule has 0 unspecified atom stereocenters. The third-order valence-electron chi connectivity index (χ3n) is 4.50. The van der Waals surface area contributed by atoms with Gasteiger partial charge >= 0.3 is 12.1 Å². The molecule has 0 aliphatic carbocycles. The average Bonchev–Trinajstić information content (AvgIpc) is 2.77. The molecule has 33 heavy (non-hydrogen) atoms. The fourth-order valence-corrected chi connectivity index (χ4v) is 3.45. The number of amides is 1. The Balaban J connectivity index is 1.89. The van der Waals surface area contributed by atoms with Crippen LogP contribution in [0.25, 0.3) is 0 Å². The number of halogens is 2. The highest BCUT2D eigenvalue weighted by molar-refractivity contribution is 6.37. The summed E-state index contributed by atoms with van der Waals surface area (Å²) < 4.78 is 11.0. The summed E-state index contributed by atoms with van der Waals surface area (Å²) in [6.07, 6.45) is -0.411. The minimum Gasteiger partial charge on any atom is -0.508 e. The van der Waals surface area contributed by atoms with Crippen molar-refractivity contribution in [3.05, 3.63) is 70.2 Å². The predicted molar refractivity (Wildman–Crippen MR) is 123 cm³/mol. The number of hydrogen-bond acceptors (Lipinski definition) is 6. The van der Waals surface area contributed by atoms with E-state index in [1.54, 1.807) is 12.1 Å². The lowest BCUT2D eigenvalue weighted by atomic mass is 10.1. The van der Waals surface area contributed by atoms with Crippen LogP contribution < -0.4 is 14.4 Å². The van der Waals surface area contributed by atoms with E-state index in [0.717, 1.165) is 4.90 Å². The number of anilines is 1. The third kappa shape index (κ3) is 6.00. The normalized spacial score (nSPS) is 10.5. The maximum Gasteiger partial charge on any atom is 0.420 e. The number of aromatic hydroxyl groups is 2. The van der Waals surface area contributed by atoms with Gasteiger partial charge in [0.15, 0.2) is 5.75 Å². The lowest BCUT2D eigenvalue weighted by Crippen LogP contribution is -2.37. The standard InChI is InChI=1S/C23H19Cl2NO7/c1-2-13-9-17(7-8-20(13)28)32-22-18(24)10-14(11-19(22)25)26(12-21(29)30)23(31)33-16-5-3-15(27)4-6-16/h3-11,27-28H,2,12H2,1H3,(H,29,30). The third-order valence-corrected chi connectivity index (χ3v) is 5.06. The van der Waals surface area contributed by atoms with E-state index in [-0.39, 0.29) is 38.7 Å². The van der Waals surface area contributed by atoms with Crippen LogP contribution in [-0.4, -0.2) is 33.9 Å². The van der Waals surface area contributed by atoms with Gasteiger partial charge in [0.05, 0.1) is 15.7 Å². The summed E-state index contributed by atoms with van der Waals surface area (Å²) in [4.78, 5) is 24.9. The van der Waals surface area contributed by atoms with E-state index in [0.29, 0.717) is 17.7 Å². The molecule has 3 rings (SSSR count). The van der Waals surface area contributed by atoms with Crippen LogP contribution in [0.3, 0.4) is 0 Å². The highest BCUT2D eigenvalue weighted by Crippen LogP contribution is 2.40. The fourth-order valence-electron chi connectivity index (χ4n) is 2.89. The summed E-state index contributed by atoms with van der Waals surface area (Å²) in [6.45, 7) is 1.16. The Bertz CT molecular complexity index is 1160. The zero-order valence-electron chi connectivity index (χ0n) is 17.3. The number of aliphatic carboxylic acids is 1. The Morgan fingerprint density at radius 1 is 0.939 bits per heavy atom. The maximum atomic E-state index is 12.7. The van der Waals surface area contributed by atoms with Gasteiger partial charge in [-0.2, -0.15) is 0 Å². The van der Waals surface area contributed by atoms with Crippen molar-refractivity contribution in [3.63, 3.8) is 0 Å². The molecule has 10 heteroatoms. The van der Waals surface area contributed by atoms with Gasteiger partial charge in [0.25, 0.3) is 0 Å². The van der Waals surface area contributed by atoms with Crippen LogP contribution in [0.15, 0.2) is 54.6 Å². The van der Waals surface area contributed by atoms with Gasteiger partial charge in [-0.25, -0.2) is 4.79 Å². The van der Waals surface area contributed by atoms with Gasteiger partial charge in [-0.3, -0.25) is 9.69 Å². The maximum absolute atomic E-state index is 12.7. The number of carbonyl (C=O) groups excluding carboxylic acids is 1. The van der Waals surface area contributed by atoms with Gasteiger partial charge in [0, 0.05) is 0 Å². The zero-order valence-corrected chi connectivity index (χ0v) is 18.8. The monoisotopic (exact) mass is 491 g/mol. The Hall–Kier alpha value is -3.62. The Morgan fingerprint density at radius 3 is 2.12 bits per heavy atom. The van der Waals surface area contributed by atoms with Crippen molar-refractivity contribution < 1.29 is 34.4 Å². The molecule has 0 aliphatic heterocycles. The van der Waals surface area contributed by atoms with Gasteiger partial charge in [0.1, 0.15) is 29.5 Å². The summed E-state index contributed by atoms with van der Waals surface area (Å²) in [7, 11) is 0. The molecule has 0 spiro atoms. The first kappa shape index (κ1) is 24.0. The lowest BCUT2D eigenvalue weighted by Gasteiger charge is -2.22. The Kier molecular flexibility index (Phi) is 7.52. The smallest absolute Gasteiger partial charge is 0.420 e. The van der Waals surface area contributed by atoms with Crippen LogP contribution in [0.2, 0.25) is 10.0 Å². The van der Waals surface area contributed by atoms with Crippen molar-refractivity contribution in [2.75, 3.05) is 11.4 Å². The summed E-state index contributed by atoms with van der Waals surface area (Å²) in [5.74, 6) is -0.599. The van der Waals surface area contributed by atoms with Gasteiger partial charge in [0.2, 0.25) is 0 Å². The summed E-state index contributed by atoms with van der Waals surface area (Å²) in [5.41, 5.74) is 0.740. The average molecular weight is 492 g/mol. The molecular formula is C23H19Cl2NO7. The number of carboxylic acid groups (broad SMARTS) is 1. The quantitative estimate of drug-likeness (QED) is 0.379. The number of carboxylic acids is 1. The molecule has 0 aliphatic rings. The molecule has 3 aromatic rings. The van der Waals surface area contributed by atoms with E-state index in [9.17, 15) is 24.9 Å². The zero-order chi connectivity index (χ0) is 24.1. The number of phenols is 2. The van der Waals surface area contributed by atoms with Crippen molar-refractivity contribution in [1.82, 2.24) is 0 Å². The first-order chi connectivity index (χ1) is 15.7. The topological polar surface area (TPSA) is 117 Å². The second-order valence-electron chi connectivity index (χ2n) is 6.83. The fraction of sp³-hybridized carbons (Fsp3) is 0.130. The summed E-state index contributed by atoms with van der Waals surface area (Å²) in [5, 5.41) is 28.5. The van der Waals surface area contributed by atoms with E-state index >= 15 is 0 Å². The molecule has 3 aromatic carbocycles. The molecule has 0 fully saturated rings. The molecule has 0 saturated heterocycles. The van der Waals surface area contributed by atoms with Gasteiger partial charge in [-0.05, 0) is 66.6 Å². The molecule has 0 heterocycles. The van der Waals surface area contributed by atoms with E-state index in [2.05, 4.69) is 0 Å². The number of nitrogens with zero attached hydrogens (tertiary/aromatic N) is 1. The van der Waals surface area contributed by atoms with E-state index in [1.807, 2.05) is 6.92 Å². The molecule has 0 radical (unpaired) electrons. The van der Waals surface area contributed by atoms with Crippen LogP contribution in [0.5, 0.6) is 28.7 Å². The minimum absolute atomic E-state index is 0.0222. The summed E-state index contributed by atoms with van der Waals surface area (Å²) >= 11 is 12.7. The Morgan fingerprint density at radius 2 is 1.55 bits per heavy atom. The Labute approximate surface area is 199 Å². The van der Waals surface area contributed by atoms with E-state index in [4.69, 9.17) is 32.7 Å². The van der Waals surface area contributed by atoms with Crippen LogP contribution in [-0.2, 0) is 11.2 Å². The van der Waals surface area contributed by atoms with Crippen LogP contribution in [0.4, 0.5) is 10.5 Å². The molecule has 3 N–H and O–H groups in total. The van der Waals surface area contributed by atoms with Crippen LogP contribution >= 0.6 is 23.2 Å². The number of rotatable bonds is 7. The molecule has 0 atom stereocenters. The number of phenolic OH excluding ortho intramolecular Hbond substituents is 2. The lowest BCUT2D eigenvalue weighted by molar-refractivity contribution is -0.135. The van der Waals surface area contributed by atoms with Crippen molar-refractivity contribution >= 4 is 41.0 Å². The largest absolute Gasteiger partial charge is 0.508 e. The molecule has 1 amide bonds. The molecule has 8 nitrogen and oxygen atoms in total. The van der Waals surface area contributed by atoms with Crippen molar-refractivity contribution in [1.29, 1.82) is 0 Å². The number of aryl methyl sites for hydroxylation is 1. The van der Waals surface area contributed by atoms with E-state index in [1.165, 1.54) is 42.5 Å². The van der Waals surface area contributed by atoms with Crippen LogP contribution in [0.1, 0.15) is 12.5 Å². The van der Waals surface area contributed by atoms with Crippen molar-refractivity contribution in [3.8, 4) is 28.7 Å². The molecular weight excluding hydrogens is 473 g/mol. The molecule has 0 bridgehead atoms. The number of ether oxygens (including phenoxy) is 2. The molecule has 0 saturated carbocycles. The van der Waals surface area contributed by atoms with Crippen LogP contribution in [0, 0.1) is 0 Å². The number of hydrogen-bond donors (Lipinski definition) is 3. The molecule has 0 aromatic heterocycles. The second-order valence-corrected chi connectivity index (χ2v) is 7.64. The second kappa shape index (κ2) is 10.3. The van der Waals surface area contributed by atoms with E-state index < -0.39 is 18.6 Å². The SMILES string of the molecule is CCc1cc(Oc2c(Cl)cc(N(CC(=O)O)C(=O)Oc3ccc(O)cc3)cc2Cl)ccc1O. The number of carbonyl (C=O) groups is 2. The van der Waals surface area contributed by atoms with Crippen molar-refractivity contribution in [2.24, 2.45) is 0 Å². The predicted octanol–water partition coefficient (Wildman–Crippen LogP) is 5.85. The number of benzene rings is 3. The highest BCUT2D eigenvalue weighted by atomic mass is 35.5. The van der Waals surface area contributed by atoms with Gasteiger partial charge in [-0.15, -0.1) is 0 Å². The summed E-state index contributed by atoms with van der Waals surface area (Å²) in [6, 6.07) is 12.7. The first-order valence-corrected chi connectivity index (χ1v) is 10.4. The van der Waals surface area contributed by atoms with Gasteiger partial charge < -0.3 is 24.8 Å². The van der Waals surface area contributed by atoms with Gasteiger partial charge in [-0.1, -0.05) is 30.1 Å². The first-order valence-electron chi connectivity index (χ1n) is 9.67. The highest BCUT2D eigenvalue weighted by Gasteiger charge is 2.24. The minimum atomic E-state index is -1.29. The molecule has 172 valence electrons. The van der Waals surface area contributed by atoms with Crippen molar-refractivity contribution in [2.45, 2.75) is 13.3 Å².